The summed E-state index contributed by atoms with van der Waals surface area (Å²) in [6.07, 6.45) is 5.48. The van der Waals surface area contributed by atoms with Gasteiger partial charge in [-0.2, -0.15) is 0 Å². The second-order valence-electron chi connectivity index (χ2n) is 5.54. The lowest BCUT2D eigenvalue weighted by Crippen LogP contribution is -2.35. The van der Waals surface area contributed by atoms with E-state index < -0.39 is 0 Å². The van der Waals surface area contributed by atoms with Crippen molar-refractivity contribution in [1.29, 1.82) is 0 Å². The molecule has 0 aliphatic carbocycles. The third kappa shape index (κ3) is 1.82. The third-order valence-corrected chi connectivity index (χ3v) is 4.77. The van der Waals surface area contributed by atoms with E-state index in [1.807, 2.05) is 6.07 Å². The largest absolute Gasteiger partial charge is 0.456 e. The highest BCUT2D eigenvalue weighted by atomic mass is 79.9. The molecule has 1 saturated heterocycles. The van der Waals surface area contributed by atoms with Crippen LogP contribution in [-0.4, -0.2) is 24.3 Å². The minimum Gasteiger partial charge on any atom is -0.456 e. The average molecular weight is 332 g/mol. The molecule has 0 spiro atoms. The summed E-state index contributed by atoms with van der Waals surface area (Å²) in [5.41, 5.74) is 2.57. The number of piperidine rings is 1. The lowest BCUT2D eigenvalue weighted by molar-refractivity contribution is 0.112. The first kappa shape index (κ1) is 12.2. The number of rotatable bonds is 2. The molecular formula is C16H14BrNO2. The quantitative estimate of drug-likeness (QED) is 0.777. The molecule has 2 bridgehead atoms. The smallest absolute Gasteiger partial charge is 0.153 e. The zero-order chi connectivity index (χ0) is 13.7. The van der Waals surface area contributed by atoms with Gasteiger partial charge in [0.2, 0.25) is 0 Å². The Hall–Kier alpha value is -1.55. The van der Waals surface area contributed by atoms with Gasteiger partial charge in [0.05, 0.1) is 5.56 Å². The molecule has 5 rings (SSSR count). The molecule has 4 heteroatoms. The van der Waals surface area contributed by atoms with E-state index in [1.165, 1.54) is 18.4 Å². The molecule has 2 aromatic rings. The van der Waals surface area contributed by atoms with Crippen LogP contribution in [0.1, 0.15) is 29.0 Å². The van der Waals surface area contributed by atoms with E-state index in [-0.39, 0.29) is 0 Å². The molecule has 0 atom stereocenters. The molecule has 20 heavy (non-hydrogen) atoms. The summed E-state index contributed by atoms with van der Waals surface area (Å²) in [5.74, 6) is 1.51. The highest BCUT2D eigenvalue weighted by Gasteiger charge is 2.29. The van der Waals surface area contributed by atoms with Crippen molar-refractivity contribution in [3.63, 3.8) is 0 Å². The summed E-state index contributed by atoms with van der Waals surface area (Å²) in [5, 5.41) is 0.980. The molecule has 0 radical (unpaired) electrons. The van der Waals surface area contributed by atoms with Crippen LogP contribution < -0.4 is 0 Å². The second kappa shape index (κ2) is 4.48. The van der Waals surface area contributed by atoms with Gasteiger partial charge in [0, 0.05) is 34.7 Å². The van der Waals surface area contributed by atoms with Crippen molar-refractivity contribution >= 4 is 38.8 Å². The summed E-state index contributed by atoms with van der Waals surface area (Å²) in [7, 11) is 0. The number of allylic oxidation sites excluding steroid dienone is 1. The van der Waals surface area contributed by atoms with Gasteiger partial charge in [-0.05, 0) is 37.0 Å². The van der Waals surface area contributed by atoms with Gasteiger partial charge in [-0.3, -0.25) is 4.79 Å². The van der Waals surface area contributed by atoms with Gasteiger partial charge in [0.15, 0.2) is 6.29 Å². The Balaban J connectivity index is 1.87. The van der Waals surface area contributed by atoms with Crippen LogP contribution in [0.15, 0.2) is 33.3 Å². The molecule has 3 nitrogen and oxygen atoms in total. The van der Waals surface area contributed by atoms with Crippen LogP contribution >= 0.6 is 15.9 Å². The predicted molar refractivity (Wildman–Crippen MR) is 81.6 cm³/mol. The van der Waals surface area contributed by atoms with Crippen molar-refractivity contribution < 1.29 is 9.21 Å². The Bertz CT molecular complexity index is 723. The Morgan fingerprint density at radius 1 is 1.25 bits per heavy atom. The average Bonchev–Trinajstić information content (AvgIpc) is 2.91. The highest BCUT2D eigenvalue weighted by Crippen LogP contribution is 2.39. The Labute approximate surface area is 125 Å². The molecular weight excluding hydrogens is 318 g/mol. The molecule has 4 heterocycles. The third-order valence-electron chi connectivity index (χ3n) is 4.31. The minimum atomic E-state index is 0.600. The number of nitrogens with zero attached hydrogens (tertiary/aromatic N) is 1. The normalized spacial score (nSPS) is 18.6. The first-order valence-electron chi connectivity index (χ1n) is 6.89. The fraction of sp³-hybridized carbons (Fsp3) is 0.312. The van der Waals surface area contributed by atoms with E-state index in [0.29, 0.717) is 17.1 Å². The van der Waals surface area contributed by atoms with Crippen LogP contribution in [0.2, 0.25) is 0 Å². The highest BCUT2D eigenvalue weighted by molar-refractivity contribution is 9.10. The topological polar surface area (TPSA) is 33.5 Å². The first-order chi connectivity index (χ1) is 9.74. The van der Waals surface area contributed by atoms with Crippen molar-refractivity contribution in [1.82, 2.24) is 4.90 Å². The Kier molecular flexibility index (Phi) is 2.74. The fourth-order valence-electron chi connectivity index (χ4n) is 3.28. The molecule has 0 amide bonds. The maximum Gasteiger partial charge on any atom is 0.153 e. The number of hydrogen-bond donors (Lipinski definition) is 0. The molecule has 102 valence electrons. The maximum atomic E-state index is 11.2. The molecule has 0 N–H and O–H groups in total. The number of carbonyl (C=O) groups excluding carboxylic acids is 1. The van der Waals surface area contributed by atoms with Crippen molar-refractivity contribution in [2.45, 2.75) is 12.8 Å². The summed E-state index contributed by atoms with van der Waals surface area (Å²) in [6, 6.07) is 5.85. The van der Waals surface area contributed by atoms with Gasteiger partial charge in [-0.15, -0.1) is 0 Å². The van der Waals surface area contributed by atoms with Gasteiger partial charge < -0.3 is 9.32 Å². The summed E-state index contributed by atoms with van der Waals surface area (Å²) >= 11 is 3.44. The van der Waals surface area contributed by atoms with Gasteiger partial charge in [0.25, 0.3) is 0 Å². The van der Waals surface area contributed by atoms with E-state index in [1.54, 1.807) is 6.07 Å². The maximum absolute atomic E-state index is 11.2. The van der Waals surface area contributed by atoms with E-state index in [0.717, 1.165) is 35.0 Å². The minimum absolute atomic E-state index is 0.600. The van der Waals surface area contributed by atoms with Crippen LogP contribution in [0.25, 0.3) is 16.5 Å². The van der Waals surface area contributed by atoms with Gasteiger partial charge in [0.1, 0.15) is 11.3 Å². The van der Waals surface area contributed by atoms with E-state index in [4.69, 9.17) is 4.42 Å². The van der Waals surface area contributed by atoms with Crippen molar-refractivity contribution in [2.75, 3.05) is 13.1 Å². The standard InChI is InChI=1S/C16H14BrNO2/c17-13-5-11-7-15(20-16(11)12(6-13)9-19)14-8-18-3-1-10(14)2-4-18/h5-10H,1-4H2. The number of benzene rings is 1. The van der Waals surface area contributed by atoms with Crippen LogP contribution in [0.3, 0.4) is 0 Å². The lowest BCUT2D eigenvalue weighted by atomic mass is 9.84. The predicted octanol–water partition coefficient (Wildman–Crippen LogP) is 4.07. The number of aldehydes is 1. The van der Waals surface area contributed by atoms with E-state index >= 15 is 0 Å². The summed E-state index contributed by atoms with van der Waals surface area (Å²) in [4.78, 5) is 13.5. The Morgan fingerprint density at radius 2 is 2.05 bits per heavy atom. The summed E-state index contributed by atoms with van der Waals surface area (Å²) in [6.45, 7) is 2.30. The van der Waals surface area contributed by atoms with Crippen LogP contribution in [0.5, 0.6) is 0 Å². The SMILES string of the molecule is O=Cc1cc(Br)cc2cc(C3=CN4CCC3CC4)oc12. The lowest BCUT2D eigenvalue weighted by Gasteiger charge is -2.38. The second-order valence-corrected chi connectivity index (χ2v) is 6.45. The van der Waals surface area contributed by atoms with E-state index in [9.17, 15) is 4.79 Å². The van der Waals surface area contributed by atoms with Gasteiger partial charge in [-0.1, -0.05) is 15.9 Å². The molecule has 0 saturated carbocycles. The number of hydrogen-bond acceptors (Lipinski definition) is 3. The molecule has 1 aromatic carbocycles. The number of furan rings is 1. The zero-order valence-corrected chi connectivity index (χ0v) is 12.5. The number of carbonyl (C=O) groups is 1. The monoisotopic (exact) mass is 331 g/mol. The molecule has 1 fully saturated rings. The van der Waals surface area contributed by atoms with Crippen LogP contribution in [0, 0.1) is 5.92 Å². The summed E-state index contributed by atoms with van der Waals surface area (Å²) < 4.78 is 6.90. The van der Waals surface area contributed by atoms with Crippen molar-refractivity contribution in [3.05, 3.63) is 40.2 Å². The molecule has 0 unspecified atom stereocenters. The van der Waals surface area contributed by atoms with Gasteiger partial charge in [-0.25, -0.2) is 0 Å². The first-order valence-corrected chi connectivity index (χ1v) is 7.68. The van der Waals surface area contributed by atoms with Crippen LogP contribution in [-0.2, 0) is 0 Å². The zero-order valence-electron chi connectivity index (χ0n) is 10.9. The van der Waals surface area contributed by atoms with Crippen LogP contribution in [0.4, 0.5) is 0 Å². The Morgan fingerprint density at radius 3 is 2.70 bits per heavy atom. The molecule has 3 aliphatic rings. The number of halogens is 1. The number of fused-ring (bicyclic) bond motifs is 3. The molecule has 3 aliphatic heterocycles. The van der Waals surface area contributed by atoms with E-state index in [2.05, 4.69) is 33.1 Å². The van der Waals surface area contributed by atoms with Crippen molar-refractivity contribution in [3.8, 4) is 0 Å². The fourth-order valence-corrected chi connectivity index (χ4v) is 3.77. The molecule has 1 aromatic heterocycles. The van der Waals surface area contributed by atoms with Crippen molar-refractivity contribution in [2.24, 2.45) is 5.92 Å². The van der Waals surface area contributed by atoms with Gasteiger partial charge >= 0.3 is 0 Å².